The summed E-state index contributed by atoms with van der Waals surface area (Å²) in [7, 11) is 3.97. The summed E-state index contributed by atoms with van der Waals surface area (Å²) in [5.74, 6) is 0.948. The zero-order valence-corrected chi connectivity index (χ0v) is 16.1. The number of hydrogen-bond acceptors (Lipinski definition) is 5. The van der Waals surface area contributed by atoms with Gasteiger partial charge in [-0.2, -0.15) is 0 Å². The van der Waals surface area contributed by atoms with Gasteiger partial charge in [0, 0.05) is 38.8 Å². The van der Waals surface area contributed by atoms with Crippen LogP contribution in [0.3, 0.4) is 0 Å². The predicted molar refractivity (Wildman–Crippen MR) is 104 cm³/mol. The van der Waals surface area contributed by atoms with E-state index in [0.29, 0.717) is 5.02 Å². The van der Waals surface area contributed by atoms with Gasteiger partial charge in [-0.1, -0.05) is 23.7 Å². The normalized spacial score (nSPS) is 22.6. The summed E-state index contributed by atoms with van der Waals surface area (Å²) in [6.07, 6.45) is 6.53. The minimum absolute atomic E-state index is 0.116. The number of piperidine rings is 1. The van der Waals surface area contributed by atoms with Gasteiger partial charge in [0.15, 0.2) is 0 Å². The lowest BCUT2D eigenvalue weighted by Gasteiger charge is -2.40. The zero-order chi connectivity index (χ0) is 18.3. The summed E-state index contributed by atoms with van der Waals surface area (Å²) < 4.78 is 0. The van der Waals surface area contributed by atoms with Gasteiger partial charge in [-0.3, -0.25) is 4.90 Å². The largest absolute Gasteiger partial charge is 0.506 e. The topological polar surface area (TPSA) is 52.5 Å². The highest BCUT2D eigenvalue weighted by atomic mass is 35.5. The van der Waals surface area contributed by atoms with Gasteiger partial charge in [-0.15, -0.1) is 0 Å². The van der Waals surface area contributed by atoms with Crippen LogP contribution in [0.2, 0.25) is 5.02 Å². The summed E-state index contributed by atoms with van der Waals surface area (Å²) >= 11 is 6.30. The van der Waals surface area contributed by atoms with E-state index in [1.807, 2.05) is 37.3 Å². The van der Waals surface area contributed by atoms with Crippen molar-refractivity contribution in [2.24, 2.45) is 0 Å². The summed E-state index contributed by atoms with van der Waals surface area (Å²) in [6, 6.07) is 5.49. The van der Waals surface area contributed by atoms with Crippen molar-refractivity contribution in [1.82, 2.24) is 14.9 Å². The lowest BCUT2D eigenvalue weighted by Crippen LogP contribution is -2.45. The molecule has 2 heterocycles. The van der Waals surface area contributed by atoms with Crippen molar-refractivity contribution >= 4 is 17.5 Å². The van der Waals surface area contributed by atoms with Crippen molar-refractivity contribution in [3.05, 3.63) is 46.2 Å². The fraction of sp³-hybridized carbons (Fsp3) is 0.500. The Morgan fingerprint density at radius 3 is 2.96 bits per heavy atom. The molecule has 5 nitrogen and oxygen atoms in total. The van der Waals surface area contributed by atoms with Gasteiger partial charge in [-0.05, 0) is 49.4 Å². The molecule has 138 valence electrons. The number of fused-ring (bicyclic) bond motifs is 2. The molecule has 1 saturated heterocycles. The molecule has 1 atom stereocenters. The second-order valence-corrected chi connectivity index (χ2v) is 8.16. The number of aryl methyl sites for hydroxylation is 1. The maximum absolute atomic E-state index is 9.88. The minimum atomic E-state index is 0.116. The Morgan fingerprint density at radius 2 is 2.15 bits per heavy atom. The van der Waals surface area contributed by atoms with Crippen LogP contribution in [0.5, 0.6) is 5.75 Å². The Bertz CT molecular complexity index is 821. The van der Waals surface area contributed by atoms with Crippen molar-refractivity contribution in [1.29, 1.82) is 0 Å². The van der Waals surface area contributed by atoms with E-state index < -0.39 is 0 Å². The van der Waals surface area contributed by atoms with Crippen LogP contribution in [-0.4, -0.2) is 47.2 Å². The average Bonchev–Trinajstić information content (AvgIpc) is 2.96. The Hall–Kier alpha value is -1.85. The number of benzene rings is 1. The third-order valence-electron chi connectivity index (χ3n) is 5.74. The molecule has 1 N–H and O–H groups in total. The van der Waals surface area contributed by atoms with Gasteiger partial charge >= 0.3 is 0 Å². The second kappa shape index (κ2) is 6.71. The molecule has 2 aliphatic rings. The number of nitrogens with zero attached hydrogens (tertiary/aromatic N) is 4. The molecule has 0 amide bonds. The predicted octanol–water partition coefficient (Wildman–Crippen LogP) is 3.38. The highest BCUT2D eigenvalue weighted by Crippen LogP contribution is 2.44. The van der Waals surface area contributed by atoms with Gasteiger partial charge in [0.1, 0.15) is 5.75 Å². The number of likely N-dealkylation sites (tertiary alicyclic amines) is 1. The number of phenols is 1. The van der Waals surface area contributed by atoms with Crippen LogP contribution in [0.15, 0.2) is 24.4 Å². The fourth-order valence-electron chi connectivity index (χ4n) is 4.44. The van der Waals surface area contributed by atoms with Gasteiger partial charge in [0.25, 0.3) is 0 Å². The van der Waals surface area contributed by atoms with Crippen molar-refractivity contribution in [3.8, 4) is 5.75 Å². The van der Waals surface area contributed by atoms with E-state index in [1.165, 1.54) is 17.7 Å². The summed E-state index contributed by atoms with van der Waals surface area (Å²) in [5, 5.41) is 10.3. The lowest BCUT2D eigenvalue weighted by molar-refractivity contribution is 0.136. The first-order valence-electron chi connectivity index (χ1n) is 9.21. The zero-order valence-electron chi connectivity index (χ0n) is 15.4. The second-order valence-electron chi connectivity index (χ2n) is 7.78. The molecule has 0 bridgehead atoms. The number of phenolic OH excluding ortho intramolecular Hbond substituents is 1. The molecule has 1 spiro atoms. The quantitative estimate of drug-likeness (QED) is 0.895. The SMILES string of the molecule is CN(C)c1ncc2c(n1)C1(CCCN(Cc3cccc(O)c3Cl)C1)CC2. The van der Waals surface area contributed by atoms with E-state index in [-0.39, 0.29) is 11.2 Å². The molecule has 0 saturated carbocycles. The van der Waals surface area contributed by atoms with Crippen LogP contribution < -0.4 is 4.90 Å². The summed E-state index contributed by atoms with van der Waals surface area (Å²) in [5.41, 5.74) is 3.64. The van der Waals surface area contributed by atoms with Crippen LogP contribution in [-0.2, 0) is 18.4 Å². The third-order valence-corrected chi connectivity index (χ3v) is 6.17. The van der Waals surface area contributed by atoms with Crippen LogP contribution in [0.25, 0.3) is 0 Å². The Morgan fingerprint density at radius 1 is 1.31 bits per heavy atom. The van der Waals surface area contributed by atoms with Gasteiger partial charge in [0.2, 0.25) is 5.95 Å². The van der Waals surface area contributed by atoms with Crippen molar-refractivity contribution in [2.75, 3.05) is 32.1 Å². The molecule has 1 aromatic heterocycles. The first-order valence-corrected chi connectivity index (χ1v) is 9.59. The number of hydrogen-bond donors (Lipinski definition) is 1. The van der Waals surface area contributed by atoms with E-state index in [1.54, 1.807) is 6.07 Å². The molecule has 1 aliphatic heterocycles. The molecular weight excluding hydrogens is 348 g/mol. The highest BCUT2D eigenvalue weighted by molar-refractivity contribution is 6.32. The maximum Gasteiger partial charge on any atom is 0.225 e. The minimum Gasteiger partial charge on any atom is -0.506 e. The summed E-state index contributed by atoms with van der Waals surface area (Å²) in [6.45, 7) is 2.79. The molecule has 2 aromatic rings. The lowest BCUT2D eigenvalue weighted by atomic mass is 9.77. The van der Waals surface area contributed by atoms with E-state index in [0.717, 1.165) is 50.4 Å². The molecule has 6 heteroatoms. The monoisotopic (exact) mass is 372 g/mol. The highest BCUT2D eigenvalue weighted by Gasteiger charge is 2.43. The van der Waals surface area contributed by atoms with Crippen molar-refractivity contribution in [3.63, 3.8) is 0 Å². The first-order chi connectivity index (χ1) is 12.5. The molecule has 0 radical (unpaired) electrons. The van der Waals surface area contributed by atoms with Crippen LogP contribution in [0, 0.1) is 0 Å². The van der Waals surface area contributed by atoms with Crippen LogP contribution in [0.1, 0.15) is 36.1 Å². The molecule has 4 rings (SSSR count). The smallest absolute Gasteiger partial charge is 0.225 e. The van der Waals surface area contributed by atoms with E-state index >= 15 is 0 Å². The van der Waals surface area contributed by atoms with Crippen LogP contribution in [0.4, 0.5) is 5.95 Å². The number of aromatic hydroxyl groups is 1. The Kier molecular flexibility index (Phi) is 4.53. The molecule has 26 heavy (non-hydrogen) atoms. The van der Waals surface area contributed by atoms with E-state index in [9.17, 15) is 5.11 Å². The number of halogens is 1. The Labute approximate surface area is 159 Å². The molecule has 1 aliphatic carbocycles. The number of rotatable bonds is 3. The fourth-order valence-corrected chi connectivity index (χ4v) is 4.62. The molecule has 1 unspecified atom stereocenters. The van der Waals surface area contributed by atoms with Gasteiger partial charge in [0.05, 0.1) is 10.7 Å². The van der Waals surface area contributed by atoms with Crippen molar-refractivity contribution < 1.29 is 5.11 Å². The maximum atomic E-state index is 9.88. The van der Waals surface area contributed by atoms with E-state index in [2.05, 4.69) is 9.88 Å². The number of anilines is 1. The van der Waals surface area contributed by atoms with Gasteiger partial charge in [-0.25, -0.2) is 9.97 Å². The van der Waals surface area contributed by atoms with E-state index in [4.69, 9.17) is 16.6 Å². The molecule has 1 aromatic carbocycles. The van der Waals surface area contributed by atoms with Gasteiger partial charge < -0.3 is 10.0 Å². The number of aromatic nitrogens is 2. The standard InChI is InChI=1S/C20H25ClN4O/c1-24(2)19-22-11-14-7-9-20(18(14)23-19)8-4-10-25(13-20)12-15-5-3-6-16(26)17(15)21/h3,5-6,11,26H,4,7-10,12-13H2,1-2H3. The van der Waals surface area contributed by atoms with Crippen molar-refractivity contribution in [2.45, 2.75) is 37.6 Å². The molecular formula is C20H25ClN4O. The average molecular weight is 373 g/mol. The molecule has 1 fully saturated rings. The first kappa shape index (κ1) is 17.6. The van der Waals surface area contributed by atoms with Crippen LogP contribution >= 0.6 is 11.6 Å². The summed E-state index contributed by atoms with van der Waals surface area (Å²) in [4.78, 5) is 13.8. The Balaban J connectivity index is 1.60. The third kappa shape index (κ3) is 3.03.